The fraction of sp³-hybridized carbons (Fsp3) is 0.611. The number of nitriles is 1. The van der Waals surface area contributed by atoms with Crippen LogP contribution in [0.15, 0.2) is 18.2 Å². The molecule has 3 rings (SSSR count). The number of fused-ring (bicyclic) bond motifs is 3. The van der Waals surface area contributed by atoms with Crippen LogP contribution in [0.2, 0.25) is 0 Å². The topological polar surface area (TPSA) is 33.0 Å². The minimum absolute atomic E-state index is 0.155. The van der Waals surface area contributed by atoms with Gasteiger partial charge in [-0.2, -0.15) is 5.26 Å². The molecule has 106 valence electrons. The minimum atomic E-state index is -0.162. The molecule has 0 N–H and O–H groups in total. The Balaban J connectivity index is 2.09. The first-order valence-electron chi connectivity index (χ1n) is 7.62. The van der Waals surface area contributed by atoms with E-state index in [0.29, 0.717) is 5.92 Å². The quantitative estimate of drug-likeness (QED) is 0.764. The fourth-order valence-electron chi connectivity index (χ4n) is 4.73. The fourth-order valence-corrected chi connectivity index (χ4v) is 4.73. The van der Waals surface area contributed by atoms with Crippen LogP contribution in [0.5, 0.6) is 5.75 Å². The average molecular weight is 269 g/mol. The Bertz CT molecular complexity index is 573. The van der Waals surface area contributed by atoms with Crippen LogP contribution in [0, 0.1) is 22.7 Å². The van der Waals surface area contributed by atoms with Gasteiger partial charge in [0.05, 0.1) is 18.6 Å². The van der Waals surface area contributed by atoms with E-state index < -0.39 is 0 Å². The Kier molecular flexibility index (Phi) is 3.05. The standard InChI is InChI=1S/C18H23NO/c1-17(12-19)9-4-10-18(2)15-7-6-14(20-3)11-13(15)5-8-16(17)18/h6-7,11,16H,4-5,8-10H2,1-3H3/t16?,17-,18-/m0/s1. The van der Waals surface area contributed by atoms with Crippen molar-refractivity contribution in [1.29, 1.82) is 5.26 Å². The number of hydrogen-bond acceptors (Lipinski definition) is 2. The Morgan fingerprint density at radius 3 is 2.80 bits per heavy atom. The molecule has 1 aromatic rings. The summed E-state index contributed by atoms with van der Waals surface area (Å²) in [4.78, 5) is 0. The van der Waals surface area contributed by atoms with Gasteiger partial charge < -0.3 is 4.74 Å². The highest BCUT2D eigenvalue weighted by atomic mass is 16.5. The van der Waals surface area contributed by atoms with Crippen LogP contribution in [-0.4, -0.2) is 7.11 Å². The minimum Gasteiger partial charge on any atom is -0.497 e. The van der Waals surface area contributed by atoms with Crippen LogP contribution >= 0.6 is 0 Å². The van der Waals surface area contributed by atoms with Crippen molar-refractivity contribution in [1.82, 2.24) is 0 Å². The molecule has 0 aliphatic heterocycles. The van der Waals surface area contributed by atoms with Gasteiger partial charge in [-0.15, -0.1) is 0 Å². The summed E-state index contributed by atoms with van der Waals surface area (Å²) >= 11 is 0. The van der Waals surface area contributed by atoms with E-state index in [4.69, 9.17) is 4.74 Å². The van der Waals surface area contributed by atoms with Gasteiger partial charge >= 0.3 is 0 Å². The second kappa shape index (κ2) is 4.52. The summed E-state index contributed by atoms with van der Waals surface area (Å²) < 4.78 is 5.36. The molecule has 0 saturated heterocycles. The molecular weight excluding hydrogens is 246 g/mol. The van der Waals surface area contributed by atoms with E-state index in [2.05, 4.69) is 38.1 Å². The van der Waals surface area contributed by atoms with Crippen molar-refractivity contribution in [3.63, 3.8) is 0 Å². The summed E-state index contributed by atoms with van der Waals surface area (Å²) in [6, 6.07) is 9.14. The number of benzene rings is 1. The van der Waals surface area contributed by atoms with Gasteiger partial charge in [0.2, 0.25) is 0 Å². The molecule has 20 heavy (non-hydrogen) atoms. The summed E-state index contributed by atoms with van der Waals surface area (Å²) in [5.41, 5.74) is 2.87. The third-order valence-electron chi connectivity index (χ3n) is 5.82. The zero-order chi connectivity index (χ0) is 14.4. The summed E-state index contributed by atoms with van der Waals surface area (Å²) in [6.07, 6.45) is 5.61. The van der Waals surface area contributed by atoms with Crippen LogP contribution in [-0.2, 0) is 11.8 Å². The van der Waals surface area contributed by atoms with Crippen molar-refractivity contribution < 1.29 is 4.74 Å². The third-order valence-corrected chi connectivity index (χ3v) is 5.82. The van der Waals surface area contributed by atoms with Gasteiger partial charge in [-0.05, 0) is 67.2 Å². The molecule has 1 saturated carbocycles. The molecule has 2 heteroatoms. The molecule has 0 heterocycles. The van der Waals surface area contributed by atoms with Gasteiger partial charge in [0.1, 0.15) is 5.75 Å². The molecular formula is C18H23NO. The van der Waals surface area contributed by atoms with Crippen LogP contribution in [0.1, 0.15) is 50.7 Å². The van der Waals surface area contributed by atoms with E-state index in [0.717, 1.165) is 31.4 Å². The highest BCUT2D eigenvalue weighted by molar-refractivity contribution is 5.43. The maximum atomic E-state index is 9.66. The van der Waals surface area contributed by atoms with Gasteiger partial charge in [0, 0.05) is 0 Å². The monoisotopic (exact) mass is 269 g/mol. The molecule has 0 amide bonds. The lowest BCUT2D eigenvalue weighted by molar-refractivity contribution is 0.0687. The number of ether oxygens (including phenoxy) is 1. The van der Waals surface area contributed by atoms with E-state index >= 15 is 0 Å². The molecule has 2 nitrogen and oxygen atoms in total. The molecule has 0 radical (unpaired) electrons. The first kappa shape index (κ1) is 13.5. The van der Waals surface area contributed by atoms with E-state index in [1.165, 1.54) is 17.5 Å². The first-order chi connectivity index (χ1) is 9.53. The Labute approximate surface area is 121 Å². The second-order valence-corrected chi connectivity index (χ2v) is 6.91. The largest absolute Gasteiger partial charge is 0.497 e. The van der Waals surface area contributed by atoms with Crippen molar-refractivity contribution in [3.8, 4) is 11.8 Å². The normalized spacial score (nSPS) is 35.6. The molecule has 2 aliphatic carbocycles. The van der Waals surface area contributed by atoms with Crippen molar-refractivity contribution in [3.05, 3.63) is 29.3 Å². The van der Waals surface area contributed by atoms with Crippen LogP contribution in [0.3, 0.4) is 0 Å². The van der Waals surface area contributed by atoms with Gasteiger partial charge in [0.25, 0.3) is 0 Å². The second-order valence-electron chi connectivity index (χ2n) is 6.91. The van der Waals surface area contributed by atoms with Gasteiger partial charge in [-0.3, -0.25) is 0 Å². The molecule has 0 aromatic heterocycles. The average Bonchev–Trinajstić information content (AvgIpc) is 2.46. The number of nitrogens with zero attached hydrogens (tertiary/aromatic N) is 1. The predicted molar refractivity (Wildman–Crippen MR) is 79.7 cm³/mol. The van der Waals surface area contributed by atoms with Gasteiger partial charge in [0.15, 0.2) is 0 Å². The summed E-state index contributed by atoms with van der Waals surface area (Å²) in [6.45, 7) is 4.54. The molecule has 1 aromatic carbocycles. The smallest absolute Gasteiger partial charge is 0.119 e. The Morgan fingerprint density at radius 2 is 2.10 bits per heavy atom. The highest BCUT2D eigenvalue weighted by Gasteiger charge is 2.52. The lowest BCUT2D eigenvalue weighted by Gasteiger charge is -2.52. The van der Waals surface area contributed by atoms with Crippen molar-refractivity contribution in [2.24, 2.45) is 11.3 Å². The van der Waals surface area contributed by atoms with Crippen LogP contribution in [0.25, 0.3) is 0 Å². The van der Waals surface area contributed by atoms with E-state index in [1.54, 1.807) is 7.11 Å². The first-order valence-corrected chi connectivity index (χ1v) is 7.62. The van der Waals surface area contributed by atoms with Gasteiger partial charge in [-0.25, -0.2) is 0 Å². The molecule has 3 atom stereocenters. The summed E-state index contributed by atoms with van der Waals surface area (Å²) in [5.74, 6) is 1.43. The molecule has 1 fully saturated rings. The number of methoxy groups -OCH3 is 1. The molecule has 1 unspecified atom stereocenters. The van der Waals surface area contributed by atoms with E-state index in [-0.39, 0.29) is 10.8 Å². The molecule has 2 aliphatic rings. The molecule has 0 spiro atoms. The van der Waals surface area contributed by atoms with E-state index in [1.807, 2.05) is 0 Å². The van der Waals surface area contributed by atoms with Crippen LogP contribution in [0.4, 0.5) is 0 Å². The zero-order valence-corrected chi connectivity index (χ0v) is 12.7. The summed E-state index contributed by atoms with van der Waals surface area (Å²) in [7, 11) is 1.72. The number of aryl methyl sites for hydroxylation is 1. The van der Waals surface area contributed by atoms with E-state index in [9.17, 15) is 5.26 Å². The SMILES string of the molecule is COc1ccc2c(c1)CCC1[C@@]2(C)CCC[C@@]1(C)C#N. The lowest BCUT2D eigenvalue weighted by atomic mass is 9.50. The number of rotatable bonds is 1. The van der Waals surface area contributed by atoms with Crippen LogP contribution < -0.4 is 4.74 Å². The zero-order valence-electron chi connectivity index (χ0n) is 12.7. The highest BCUT2D eigenvalue weighted by Crippen LogP contribution is 2.57. The van der Waals surface area contributed by atoms with Gasteiger partial charge in [-0.1, -0.05) is 19.4 Å². The predicted octanol–water partition coefficient (Wildman–Crippen LogP) is 4.23. The van der Waals surface area contributed by atoms with Crippen molar-refractivity contribution in [2.75, 3.05) is 7.11 Å². The number of hydrogen-bond donors (Lipinski definition) is 0. The summed E-state index contributed by atoms with van der Waals surface area (Å²) in [5, 5.41) is 9.66. The van der Waals surface area contributed by atoms with Crippen molar-refractivity contribution in [2.45, 2.75) is 51.4 Å². The maximum absolute atomic E-state index is 9.66. The Hall–Kier alpha value is -1.49. The van der Waals surface area contributed by atoms with Crippen molar-refractivity contribution >= 4 is 0 Å². The lowest BCUT2D eigenvalue weighted by Crippen LogP contribution is -2.48. The Morgan fingerprint density at radius 1 is 1.30 bits per heavy atom. The third kappa shape index (κ3) is 1.76. The maximum Gasteiger partial charge on any atom is 0.119 e. The molecule has 0 bridgehead atoms.